The smallest absolute Gasteiger partial charge is 0.157 e. The maximum atomic E-state index is 5.99. The van der Waals surface area contributed by atoms with Gasteiger partial charge < -0.3 is 0 Å². The molecule has 2 aromatic heterocycles. The minimum atomic E-state index is 0.482. The Labute approximate surface area is 124 Å². The van der Waals surface area contributed by atoms with Crippen LogP contribution in [0, 0.1) is 0 Å². The molecule has 0 fully saturated rings. The van der Waals surface area contributed by atoms with Gasteiger partial charge in [0.05, 0.1) is 10.2 Å². The van der Waals surface area contributed by atoms with Crippen molar-refractivity contribution in [2.75, 3.05) is 0 Å². The van der Waals surface area contributed by atoms with Crippen molar-refractivity contribution in [3.05, 3.63) is 41.3 Å². The van der Waals surface area contributed by atoms with Crippen molar-refractivity contribution in [3.63, 3.8) is 0 Å². The van der Waals surface area contributed by atoms with E-state index >= 15 is 0 Å². The summed E-state index contributed by atoms with van der Waals surface area (Å²) in [5.74, 6) is 0.760. The first-order valence-corrected chi connectivity index (χ1v) is 7.82. The third-order valence-corrected chi connectivity index (χ3v) is 4.71. The van der Waals surface area contributed by atoms with E-state index in [0.717, 1.165) is 27.1 Å². The van der Waals surface area contributed by atoms with Crippen LogP contribution in [0.15, 0.2) is 39.7 Å². The second kappa shape index (κ2) is 5.45. The lowest BCUT2D eigenvalue weighted by atomic mass is 10.3. The Morgan fingerprint density at radius 2 is 2.05 bits per heavy atom. The molecule has 1 aromatic carbocycles. The molecule has 6 heteroatoms. The molecule has 0 bridgehead atoms. The van der Waals surface area contributed by atoms with Gasteiger partial charge in [-0.15, -0.1) is 11.3 Å². The number of thiazole rings is 1. The molecule has 0 aliphatic rings. The standard InChI is InChI=1S/C13H10ClN3S2/c1-2-11-16-10(14)7-12(17-11)19-13-15-8-5-3-4-6-9(8)18-13/h3-7H,2H2,1H3. The Balaban J connectivity index is 1.94. The molecular formula is C13H10ClN3S2. The fraction of sp³-hybridized carbons (Fsp3) is 0.154. The number of benzene rings is 1. The third-order valence-electron chi connectivity index (χ3n) is 2.50. The molecule has 0 aliphatic heterocycles. The van der Waals surface area contributed by atoms with Crippen LogP contribution in [0.2, 0.25) is 5.15 Å². The van der Waals surface area contributed by atoms with Crippen molar-refractivity contribution in [3.8, 4) is 0 Å². The van der Waals surface area contributed by atoms with E-state index in [2.05, 4.69) is 21.0 Å². The van der Waals surface area contributed by atoms with E-state index in [0.29, 0.717) is 5.15 Å². The van der Waals surface area contributed by atoms with Gasteiger partial charge in [0.1, 0.15) is 16.0 Å². The van der Waals surface area contributed by atoms with Crippen LogP contribution in [0.3, 0.4) is 0 Å². The lowest BCUT2D eigenvalue weighted by Gasteiger charge is -2.00. The van der Waals surface area contributed by atoms with Crippen molar-refractivity contribution >= 4 is 44.9 Å². The van der Waals surface area contributed by atoms with Crippen molar-refractivity contribution in [2.45, 2.75) is 22.7 Å². The number of rotatable bonds is 3. The molecule has 0 amide bonds. The average Bonchev–Trinajstić information content (AvgIpc) is 2.80. The Morgan fingerprint density at radius 3 is 2.84 bits per heavy atom. The van der Waals surface area contributed by atoms with Crippen LogP contribution < -0.4 is 0 Å². The van der Waals surface area contributed by atoms with Crippen molar-refractivity contribution in [1.29, 1.82) is 0 Å². The summed E-state index contributed by atoms with van der Waals surface area (Å²) >= 11 is 9.18. The maximum absolute atomic E-state index is 5.99. The number of hydrogen-bond donors (Lipinski definition) is 0. The predicted molar refractivity (Wildman–Crippen MR) is 80.2 cm³/mol. The van der Waals surface area contributed by atoms with Gasteiger partial charge in [-0.05, 0) is 23.9 Å². The first-order valence-electron chi connectivity index (χ1n) is 5.81. The van der Waals surface area contributed by atoms with E-state index in [4.69, 9.17) is 11.6 Å². The molecule has 0 saturated carbocycles. The van der Waals surface area contributed by atoms with E-state index in [9.17, 15) is 0 Å². The second-order valence-electron chi connectivity index (χ2n) is 3.85. The highest BCUT2D eigenvalue weighted by atomic mass is 35.5. The molecule has 0 spiro atoms. The molecule has 3 nitrogen and oxygen atoms in total. The lowest BCUT2D eigenvalue weighted by molar-refractivity contribution is 0.889. The molecule has 0 atom stereocenters. The summed E-state index contributed by atoms with van der Waals surface area (Å²) in [6.45, 7) is 2.01. The fourth-order valence-electron chi connectivity index (χ4n) is 1.64. The zero-order valence-electron chi connectivity index (χ0n) is 10.1. The predicted octanol–water partition coefficient (Wildman–Crippen LogP) is 4.45. The number of fused-ring (bicyclic) bond motifs is 1. The summed E-state index contributed by atoms with van der Waals surface area (Å²) in [4.78, 5) is 13.2. The number of para-hydroxylation sites is 1. The van der Waals surface area contributed by atoms with Crippen LogP contribution in [-0.2, 0) is 6.42 Å². The number of aryl methyl sites for hydroxylation is 1. The minimum Gasteiger partial charge on any atom is -0.229 e. The van der Waals surface area contributed by atoms with E-state index < -0.39 is 0 Å². The third kappa shape index (κ3) is 2.88. The quantitative estimate of drug-likeness (QED) is 0.670. The van der Waals surface area contributed by atoms with Crippen molar-refractivity contribution in [2.24, 2.45) is 0 Å². The zero-order valence-corrected chi connectivity index (χ0v) is 12.5. The van der Waals surface area contributed by atoms with Gasteiger partial charge in [-0.25, -0.2) is 15.0 Å². The van der Waals surface area contributed by atoms with Gasteiger partial charge >= 0.3 is 0 Å². The maximum Gasteiger partial charge on any atom is 0.157 e. The van der Waals surface area contributed by atoms with E-state index in [1.54, 1.807) is 17.4 Å². The molecule has 3 rings (SSSR count). The number of hydrogen-bond acceptors (Lipinski definition) is 5. The van der Waals surface area contributed by atoms with Gasteiger partial charge in [0.2, 0.25) is 0 Å². The van der Waals surface area contributed by atoms with E-state index in [1.165, 1.54) is 16.5 Å². The summed E-state index contributed by atoms with van der Waals surface area (Å²) in [6.07, 6.45) is 0.772. The summed E-state index contributed by atoms with van der Waals surface area (Å²) in [6, 6.07) is 9.87. The normalized spacial score (nSPS) is 11.1. The molecule has 0 unspecified atom stereocenters. The second-order valence-corrected chi connectivity index (χ2v) is 6.53. The van der Waals surface area contributed by atoms with Crippen LogP contribution >= 0.6 is 34.7 Å². The Kier molecular flexibility index (Phi) is 3.68. The fourth-order valence-corrected chi connectivity index (χ4v) is 3.94. The van der Waals surface area contributed by atoms with Crippen molar-refractivity contribution < 1.29 is 0 Å². The van der Waals surface area contributed by atoms with Crippen LogP contribution in [0.25, 0.3) is 10.2 Å². The topological polar surface area (TPSA) is 38.7 Å². The molecule has 0 N–H and O–H groups in total. The zero-order chi connectivity index (χ0) is 13.2. The van der Waals surface area contributed by atoms with Gasteiger partial charge in [-0.1, -0.05) is 30.7 Å². The summed E-state index contributed by atoms with van der Waals surface area (Å²) in [5.41, 5.74) is 1.02. The SMILES string of the molecule is CCc1nc(Cl)cc(Sc2nc3ccccc3s2)n1. The highest BCUT2D eigenvalue weighted by Crippen LogP contribution is 2.33. The van der Waals surface area contributed by atoms with Crippen LogP contribution in [-0.4, -0.2) is 15.0 Å². The molecular weight excluding hydrogens is 298 g/mol. The molecule has 0 saturated heterocycles. The lowest BCUT2D eigenvalue weighted by Crippen LogP contribution is -1.94. The van der Waals surface area contributed by atoms with Gasteiger partial charge in [0.15, 0.2) is 4.34 Å². The molecule has 0 aliphatic carbocycles. The molecule has 3 aromatic rings. The Morgan fingerprint density at radius 1 is 1.21 bits per heavy atom. The van der Waals surface area contributed by atoms with Gasteiger partial charge in [-0.3, -0.25) is 0 Å². The largest absolute Gasteiger partial charge is 0.229 e. The molecule has 96 valence electrons. The minimum absolute atomic E-state index is 0.482. The summed E-state index contributed by atoms with van der Waals surface area (Å²) in [5, 5.41) is 1.33. The first kappa shape index (κ1) is 12.8. The molecule has 19 heavy (non-hydrogen) atoms. The number of nitrogens with zero attached hydrogens (tertiary/aromatic N) is 3. The van der Waals surface area contributed by atoms with E-state index in [1.807, 2.05) is 25.1 Å². The molecule has 0 radical (unpaired) electrons. The number of halogens is 1. The Bertz CT molecular complexity index is 694. The monoisotopic (exact) mass is 307 g/mol. The Hall–Kier alpha value is -1.17. The number of aromatic nitrogens is 3. The first-order chi connectivity index (χ1) is 9.24. The van der Waals surface area contributed by atoms with Crippen molar-refractivity contribution in [1.82, 2.24) is 15.0 Å². The van der Waals surface area contributed by atoms with Gasteiger partial charge in [-0.2, -0.15) is 0 Å². The summed E-state index contributed by atoms with van der Waals surface area (Å²) < 4.78 is 2.15. The van der Waals surface area contributed by atoms with Crippen LogP contribution in [0.1, 0.15) is 12.7 Å². The van der Waals surface area contributed by atoms with Gasteiger partial charge in [0, 0.05) is 12.5 Å². The van der Waals surface area contributed by atoms with Gasteiger partial charge in [0.25, 0.3) is 0 Å². The highest BCUT2D eigenvalue weighted by molar-refractivity contribution is 8.01. The summed E-state index contributed by atoms with van der Waals surface area (Å²) in [7, 11) is 0. The molecule has 2 heterocycles. The van der Waals surface area contributed by atoms with E-state index in [-0.39, 0.29) is 0 Å². The van der Waals surface area contributed by atoms with Crippen LogP contribution in [0.5, 0.6) is 0 Å². The highest BCUT2D eigenvalue weighted by Gasteiger charge is 2.08. The van der Waals surface area contributed by atoms with Crippen LogP contribution in [0.4, 0.5) is 0 Å². The average molecular weight is 308 g/mol.